The minimum absolute atomic E-state index is 0. The minimum Gasteiger partial charge on any atom is -0.489 e. The number of nitriles is 1. The average Bonchev–Trinajstić information content (AvgIpc) is 3.26. The first kappa shape index (κ1) is 23.8. The molecular weight excluding hydrogens is 426 g/mol. The first-order valence-corrected chi connectivity index (χ1v) is 10.5. The third-order valence-corrected chi connectivity index (χ3v) is 5.50. The zero-order valence-corrected chi connectivity index (χ0v) is 19.2. The molecule has 0 saturated carbocycles. The Morgan fingerprint density at radius 3 is 2.69 bits per heavy atom. The van der Waals surface area contributed by atoms with E-state index in [2.05, 4.69) is 23.1 Å². The summed E-state index contributed by atoms with van der Waals surface area (Å²) in [5.74, 6) is 0.781. The van der Waals surface area contributed by atoms with Crippen LogP contribution in [0.4, 0.5) is 5.69 Å². The predicted molar refractivity (Wildman–Crippen MR) is 128 cm³/mol. The number of aromatic nitrogens is 1. The number of halogens is 1. The van der Waals surface area contributed by atoms with Gasteiger partial charge in [0.15, 0.2) is 0 Å². The quantitative estimate of drug-likeness (QED) is 0.462. The van der Waals surface area contributed by atoms with Crippen LogP contribution < -0.4 is 9.64 Å². The molecule has 1 aliphatic heterocycles. The lowest BCUT2D eigenvalue weighted by Gasteiger charge is -2.21. The van der Waals surface area contributed by atoms with E-state index in [-0.39, 0.29) is 18.5 Å². The Morgan fingerprint density at radius 1 is 1.12 bits per heavy atom. The van der Waals surface area contributed by atoms with Gasteiger partial charge in [0.1, 0.15) is 12.4 Å². The summed E-state index contributed by atoms with van der Waals surface area (Å²) in [6.45, 7) is 5.56. The van der Waals surface area contributed by atoms with Crippen molar-refractivity contribution < 1.29 is 14.2 Å². The van der Waals surface area contributed by atoms with Crippen molar-refractivity contribution >= 4 is 29.0 Å². The Kier molecular flexibility index (Phi) is 8.29. The molecule has 2 aromatic carbocycles. The van der Waals surface area contributed by atoms with Gasteiger partial charge in [-0.05, 0) is 49.2 Å². The number of anilines is 1. The zero-order chi connectivity index (χ0) is 21.6. The fraction of sp³-hybridized carbons (Fsp3) is 0.360. The zero-order valence-electron chi connectivity index (χ0n) is 18.4. The average molecular weight is 454 g/mol. The molecule has 0 N–H and O–H groups in total. The number of ether oxygens (including phenoxy) is 3. The van der Waals surface area contributed by atoms with Gasteiger partial charge in [0.2, 0.25) is 0 Å². The van der Waals surface area contributed by atoms with E-state index in [1.165, 1.54) is 5.69 Å². The predicted octanol–water partition coefficient (Wildman–Crippen LogP) is 4.66. The Bertz CT molecular complexity index is 1080. The van der Waals surface area contributed by atoms with Gasteiger partial charge in [0.05, 0.1) is 36.5 Å². The van der Waals surface area contributed by atoms with E-state index >= 15 is 0 Å². The van der Waals surface area contributed by atoms with Crippen LogP contribution in [-0.2, 0) is 16.1 Å². The summed E-state index contributed by atoms with van der Waals surface area (Å²) in [7, 11) is 1.69. The number of hydrogen-bond acceptors (Lipinski definition) is 6. The molecule has 7 heteroatoms. The molecule has 1 unspecified atom stereocenters. The van der Waals surface area contributed by atoms with Crippen molar-refractivity contribution in [2.45, 2.75) is 26.1 Å². The Hall–Kier alpha value is -2.85. The molecule has 168 valence electrons. The molecule has 4 rings (SSSR count). The molecule has 1 aliphatic rings. The Balaban J connectivity index is 0.00000289. The highest BCUT2D eigenvalue weighted by Gasteiger charge is 2.25. The molecule has 1 fully saturated rings. The summed E-state index contributed by atoms with van der Waals surface area (Å²) in [4.78, 5) is 7.12. The van der Waals surface area contributed by atoms with E-state index in [1.54, 1.807) is 19.2 Å². The lowest BCUT2D eigenvalue weighted by molar-refractivity contribution is 0.0280. The molecule has 0 amide bonds. The lowest BCUT2D eigenvalue weighted by atomic mass is 10.1. The number of hydrogen-bond donors (Lipinski definition) is 0. The molecule has 1 atom stereocenters. The van der Waals surface area contributed by atoms with Gasteiger partial charge in [-0.2, -0.15) is 5.26 Å². The summed E-state index contributed by atoms with van der Waals surface area (Å²) >= 11 is 0. The largest absolute Gasteiger partial charge is 0.489 e. The maximum absolute atomic E-state index is 8.92. The summed E-state index contributed by atoms with van der Waals surface area (Å²) in [5.41, 5.74) is 4.77. The van der Waals surface area contributed by atoms with Crippen molar-refractivity contribution in [2.75, 3.05) is 38.3 Å². The summed E-state index contributed by atoms with van der Waals surface area (Å²) in [5, 5.41) is 10.0. The van der Waals surface area contributed by atoms with E-state index in [4.69, 9.17) is 24.5 Å². The molecule has 6 nitrogen and oxygen atoms in total. The van der Waals surface area contributed by atoms with E-state index in [0.29, 0.717) is 25.4 Å². The highest BCUT2D eigenvalue weighted by atomic mass is 35.5. The topological polar surface area (TPSA) is 67.6 Å². The van der Waals surface area contributed by atoms with Crippen LogP contribution in [0.2, 0.25) is 0 Å². The molecular formula is C25H28ClN3O3. The number of benzene rings is 2. The molecule has 0 radical (unpaired) electrons. The van der Waals surface area contributed by atoms with Crippen molar-refractivity contribution in [3.05, 3.63) is 65.4 Å². The monoisotopic (exact) mass is 453 g/mol. The lowest BCUT2D eigenvalue weighted by Crippen LogP contribution is -2.24. The highest BCUT2D eigenvalue weighted by molar-refractivity contribution is 5.93. The number of rotatable bonds is 8. The van der Waals surface area contributed by atoms with Crippen LogP contribution in [0, 0.1) is 18.3 Å². The van der Waals surface area contributed by atoms with Crippen LogP contribution in [0.5, 0.6) is 5.75 Å². The van der Waals surface area contributed by atoms with Crippen LogP contribution in [0.1, 0.15) is 23.2 Å². The van der Waals surface area contributed by atoms with Crippen LogP contribution in [0.3, 0.4) is 0 Å². The number of fused-ring (bicyclic) bond motifs is 1. The smallest absolute Gasteiger partial charge is 0.122 e. The Labute approximate surface area is 195 Å². The first-order valence-electron chi connectivity index (χ1n) is 10.5. The van der Waals surface area contributed by atoms with Crippen LogP contribution in [0.25, 0.3) is 10.9 Å². The van der Waals surface area contributed by atoms with E-state index in [0.717, 1.165) is 47.4 Å². The number of nitrogens with zero attached hydrogens (tertiary/aromatic N) is 3. The van der Waals surface area contributed by atoms with Crippen LogP contribution >= 0.6 is 12.4 Å². The molecule has 0 aliphatic carbocycles. The molecule has 0 bridgehead atoms. The molecule has 32 heavy (non-hydrogen) atoms. The van der Waals surface area contributed by atoms with Crippen LogP contribution in [0.15, 0.2) is 48.5 Å². The maximum Gasteiger partial charge on any atom is 0.122 e. The summed E-state index contributed by atoms with van der Waals surface area (Å²) < 4.78 is 17.0. The summed E-state index contributed by atoms with van der Waals surface area (Å²) in [6.07, 6.45) is 1.24. The van der Waals surface area contributed by atoms with Gasteiger partial charge < -0.3 is 19.1 Å². The van der Waals surface area contributed by atoms with Gasteiger partial charge in [-0.15, -0.1) is 12.4 Å². The van der Waals surface area contributed by atoms with Crippen molar-refractivity contribution in [3.8, 4) is 11.8 Å². The summed E-state index contributed by atoms with van der Waals surface area (Å²) in [6, 6.07) is 17.8. The number of methoxy groups -OCH3 is 1. The van der Waals surface area contributed by atoms with Gasteiger partial charge in [-0.3, -0.25) is 4.98 Å². The second-order valence-electron chi connectivity index (χ2n) is 7.78. The molecule has 1 aromatic heterocycles. The molecule has 2 heterocycles. The van der Waals surface area contributed by atoms with E-state index in [9.17, 15) is 0 Å². The molecule has 3 aromatic rings. The van der Waals surface area contributed by atoms with Gasteiger partial charge in [-0.1, -0.05) is 12.1 Å². The number of aryl methyl sites for hydroxylation is 1. The fourth-order valence-corrected chi connectivity index (χ4v) is 3.89. The fourth-order valence-electron chi connectivity index (χ4n) is 3.89. The number of pyridine rings is 1. The second kappa shape index (κ2) is 11.1. The Morgan fingerprint density at radius 2 is 1.94 bits per heavy atom. The van der Waals surface area contributed by atoms with Crippen molar-refractivity contribution in [1.29, 1.82) is 5.26 Å². The van der Waals surface area contributed by atoms with Gasteiger partial charge in [-0.25, -0.2) is 0 Å². The molecule has 0 spiro atoms. The third-order valence-electron chi connectivity index (χ3n) is 5.50. The van der Waals surface area contributed by atoms with Gasteiger partial charge in [0.25, 0.3) is 0 Å². The minimum atomic E-state index is 0. The van der Waals surface area contributed by atoms with Crippen molar-refractivity contribution in [3.63, 3.8) is 0 Å². The van der Waals surface area contributed by atoms with Gasteiger partial charge >= 0.3 is 0 Å². The highest BCUT2D eigenvalue weighted by Crippen LogP contribution is 2.32. The van der Waals surface area contributed by atoms with E-state index < -0.39 is 0 Å². The SMILES string of the molecule is COCCOC1CCN(c2cc(C)nc3cc(OCc4ccc(C#N)cc4)ccc23)C1.Cl. The van der Waals surface area contributed by atoms with Crippen LogP contribution in [-0.4, -0.2) is 44.5 Å². The second-order valence-corrected chi connectivity index (χ2v) is 7.78. The van der Waals surface area contributed by atoms with Gasteiger partial charge in [0, 0.05) is 43.0 Å². The third kappa shape index (κ3) is 5.68. The van der Waals surface area contributed by atoms with Crippen molar-refractivity contribution in [2.24, 2.45) is 0 Å². The molecule has 1 saturated heterocycles. The first-order chi connectivity index (χ1) is 15.2. The normalized spacial score (nSPS) is 15.4. The van der Waals surface area contributed by atoms with Crippen molar-refractivity contribution in [1.82, 2.24) is 4.98 Å². The maximum atomic E-state index is 8.92. The van der Waals surface area contributed by atoms with E-state index in [1.807, 2.05) is 31.2 Å². The standard InChI is InChI=1S/C25H27N3O3.ClH/c1-18-13-25(28-10-9-22(16-28)30-12-11-29-2)23-8-7-21(14-24(23)27-18)31-17-20-5-3-19(15-26)4-6-20;/h3-8,13-14,22H,9-12,16-17H2,1-2H3;1H.